The molecule has 0 heterocycles. The smallest absolute Gasteiger partial charge is 0.107 e. The SMILES string of the molecule is CCCC(Cl)Cl.F. The minimum absolute atomic E-state index is 0. The van der Waals surface area contributed by atoms with Gasteiger partial charge in [-0.2, -0.15) is 0 Å². The van der Waals surface area contributed by atoms with Gasteiger partial charge in [0.15, 0.2) is 0 Å². The fraction of sp³-hybridized carbons (Fsp3) is 1.00. The number of alkyl halides is 2. The lowest BCUT2D eigenvalue weighted by atomic mass is 10.4. The normalized spacial score (nSPS) is 8.57. The first-order valence-corrected chi connectivity index (χ1v) is 2.92. The van der Waals surface area contributed by atoms with Crippen LogP contribution in [-0.4, -0.2) is 4.84 Å². The van der Waals surface area contributed by atoms with Gasteiger partial charge in [-0.3, -0.25) is 4.70 Å². The van der Waals surface area contributed by atoms with Crippen LogP contribution in [0.3, 0.4) is 0 Å². The summed E-state index contributed by atoms with van der Waals surface area (Å²) in [5.74, 6) is 0. The van der Waals surface area contributed by atoms with Gasteiger partial charge in [0.25, 0.3) is 0 Å². The standard InChI is InChI=1S/C4H8Cl2.FH/c1-2-3-4(5)6;/h4H,2-3H2,1H3;1H. The zero-order valence-electron chi connectivity index (χ0n) is 4.16. The van der Waals surface area contributed by atoms with Crippen molar-refractivity contribution < 1.29 is 4.70 Å². The van der Waals surface area contributed by atoms with Crippen molar-refractivity contribution in [2.45, 2.75) is 24.6 Å². The van der Waals surface area contributed by atoms with E-state index in [2.05, 4.69) is 6.92 Å². The van der Waals surface area contributed by atoms with Crippen molar-refractivity contribution in [2.24, 2.45) is 0 Å². The molecule has 46 valence electrons. The van der Waals surface area contributed by atoms with Crippen molar-refractivity contribution in [3.05, 3.63) is 0 Å². The Bertz CT molecular complexity index is 30.9. The summed E-state index contributed by atoms with van der Waals surface area (Å²) in [5, 5.41) is 0. The summed E-state index contributed by atoms with van der Waals surface area (Å²) < 4.78 is 0. The third-order valence-electron chi connectivity index (χ3n) is 0.507. The largest absolute Gasteiger partial charge is 0.269 e. The number of hydrogen-bond donors (Lipinski definition) is 0. The van der Waals surface area contributed by atoms with Crippen molar-refractivity contribution in [3.8, 4) is 0 Å². The maximum Gasteiger partial charge on any atom is 0.107 e. The first kappa shape index (κ1) is 10.5. The Morgan fingerprint density at radius 2 is 1.86 bits per heavy atom. The summed E-state index contributed by atoms with van der Waals surface area (Å²) in [6, 6.07) is 0. The molecule has 0 aliphatic heterocycles. The average Bonchev–Trinajstić information content (AvgIpc) is 1.35. The molecule has 0 fully saturated rings. The Hall–Kier alpha value is 0.510. The molecule has 0 aliphatic rings. The number of halogens is 3. The lowest BCUT2D eigenvalue weighted by Crippen LogP contribution is -1.80. The van der Waals surface area contributed by atoms with Crippen LogP contribution in [0.1, 0.15) is 19.8 Å². The maximum absolute atomic E-state index is 5.34. The van der Waals surface area contributed by atoms with Gasteiger partial charge >= 0.3 is 0 Å². The van der Waals surface area contributed by atoms with E-state index in [1.165, 1.54) is 0 Å². The summed E-state index contributed by atoms with van der Waals surface area (Å²) in [4.78, 5) is -0.157. The van der Waals surface area contributed by atoms with Crippen molar-refractivity contribution >= 4 is 23.2 Å². The highest BCUT2D eigenvalue weighted by molar-refractivity contribution is 6.44. The molecule has 0 radical (unpaired) electrons. The molecule has 3 heteroatoms. The topological polar surface area (TPSA) is 0 Å². The molecule has 0 bridgehead atoms. The summed E-state index contributed by atoms with van der Waals surface area (Å²) in [6.45, 7) is 2.05. The summed E-state index contributed by atoms with van der Waals surface area (Å²) in [6.07, 6.45) is 1.97. The zero-order valence-corrected chi connectivity index (χ0v) is 5.67. The van der Waals surface area contributed by atoms with Gasteiger partial charge in [-0.25, -0.2) is 0 Å². The van der Waals surface area contributed by atoms with Crippen LogP contribution in [0, 0.1) is 0 Å². The molecule has 0 aromatic carbocycles. The van der Waals surface area contributed by atoms with E-state index in [4.69, 9.17) is 23.2 Å². The Labute approximate surface area is 53.2 Å². The van der Waals surface area contributed by atoms with Gasteiger partial charge in [-0.05, 0) is 6.42 Å². The lowest BCUT2D eigenvalue weighted by molar-refractivity contribution is 0.859. The highest BCUT2D eigenvalue weighted by atomic mass is 35.5. The third-order valence-corrected chi connectivity index (χ3v) is 0.943. The summed E-state index contributed by atoms with van der Waals surface area (Å²) >= 11 is 10.7. The first-order chi connectivity index (χ1) is 2.77. The van der Waals surface area contributed by atoms with Crippen LogP contribution in [0.5, 0.6) is 0 Å². The molecule has 0 spiro atoms. The molecule has 0 aliphatic carbocycles. The Kier molecular flexibility index (Phi) is 9.75. The van der Waals surface area contributed by atoms with Gasteiger partial charge in [0, 0.05) is 0 Å². The van der Waals surface area contributed by atoms with Gasteiger partial charge in [0.05, 0.1) is 0 Å². The highest BCUT2D eigenvalue weighted by Crippen LogP contribution is 2.07. The van der Waals surface area contributed by atoms with Gasteiger partial charge in [0.2, 0.25) is 0 Å². The molecule has 0 nitrogen and oxygen atoms in total. The lowest BCUT2D eigenvalue weighted by Gasteiger charge is -1.90. The van der Waals surface area contributed by atoms with Crippen LogP contribution in [0.15, 0.2) is 0 Å². The minimum Gasteiger partial charge on any atom is -0.269 e. The zero-order chi connectivity index (χ0) is 4.99. The van der Waals surface area contributed by atoms with Crippen molar-refractivity contribution in [1.82, 2.24) is 0 Å². The molecule has 0 aromatic rings. The molecular weight excluding hydrogens is 138 g/mol. The first-order valence-electron chi connectivity index (χ1n) is 2.05. The van der Waals surface area contributed by atoms with E-state index in [-0.39, 0.29) is 9.54 Å². The number of rotatable bonds is 2. The van der Waals surface area contributed by atoms with Crippen molar-refractivity contribution in [3.63, 3.8) is 0 Å². The Morgan fingerprint density at radius 1 is 1.43 bits per heavy atom. The fourth-order valence-electron chi connectivity index (χ4n) is 0.218. The second kappa shape index (κ2) is 6.51. The maximum atomic E-state index is 5.34. The van der Waals surface area contributed by atoms with Gasteiger partial charge < -0.3 is 0 Å². The van der Waals surface area contributed by atoms with E-state index in [0.29, 0.717) is 0 Å². The molecule has 0 atom stereocenters. The van der Waals surface area contributed by atoms with Gasteiger partial charge in [-0.15, -0.1) is 23.2 Å². The van der Waals surface area contributed by atoms with Crippen LogP contribution in [0.4, 0.5) is 4.70 Å². The highest BCUT2D eigenvalue weighted by Gasteiger charge is 1.91. The van der Waals surface area contributed by atoms with E-state index in [0.717, 1.165) is 12.8 Å². The molecule has 0 saturated carbocycles. The van der Waals surface area contributed by atoms with Crippen molar-refractivity contribution in [2.75, 3.05) is 0 Å². The molecule has 0 unspecified atom stereocenters. The molecule has 0 saturated heterocycles. The average molecular weight is 147 g/mol. The van der Waals surface area contributed by atoms with E-state index >= 15 is 0 Å². The monoisotopic (exact) mass is 146 g/mol. The van der Waals surface area contributed by atoms with Crippen molar-refractivity contribution in [1.29, 1.82) is 0 Å². The van der Waals surface area contributed by atoms with E-state index in [1.54, 1.807) is 0 Å². The molecule has 0 rings (SSSR count). The predicted octanol–water partition coefficient (Wildman–Crippen LogP) is 2.74. The van der Waals surface area contributed by atoms with E-state index in [9.17, 15) is 0 Å². The van der Waals surface area contributed by atoms with Gasteiger partial charge in [0.1, 0.15) is 4.84 Å². The predicted molar refractivity (Wildman–Crippen MR) is 32.9 cm³/mol. The van der Waals surface area contributed by atoms with E-state index in [1.807, 2.05) is 0 Å². The second-order valence-corrected chi connectivity index (χ2v) is 2.46. The van der Waals surface area contributed by atoms with E-state index < -0.39 is 0 Å². The molecule has 7 heavy (non-hydrogen) atoms. The van der Waals surface area contributed by atoms with Gasteiger partial charge in [-0.1, -0.05) is 13.3 Å². The van der Waals surface area contributed by atoms with Crippen LogP contribution in [-0.2, 0) is 0 Å². The fourth-order valence-corrected chi connectivity index (χ4v) is 0.655. The third kappa shape index (κ3) is 10.7. The summed E-state index contributed by atoms with van der Waals surface area (Å²) in [7, 11) is 0. The van der Waals surface area contributed by atoms with Crippen LogP contribution in [0.2, 0.25) is 0 Å². The summed E-state index contributed by atoms with van der Waals surface area (Å²) in [5.41, 5.74) is 0. The van der Waals surface area contributed by atoms with Crippen LogP contribution < -0.4 is 0 Å². The minimum atomic E-state index is -0.157. The second-order valence-electron chi connectivity index (χ2n) is 1.18. The molecular formula is C4H9Cl2F. The Balaban J connectivity index is 0. The van der Waals surface area contributed by atoms with Crippen LogP contribution >= 0.6 is 23.2 Å². The molecule has 0 amide bonds. The number of hydrogen-bond acceptors (Lipinski definition) is 0. The van der Waals surface area contributed by atoms with Crippen LogP contribution in [0.25, 0.3) is 0 Å². The molecule has 0 aromatic heterocycles. The molecule has 0 N–H and O–H groups in total. The quantitative estimate of drug-likeness (QED) is 0.526. The Morgan fingerprint density at radius 3 is 1.86 bits per heavy atom.